The average molecular weight is 366 g/mol. The van der Waals surface area contributed by atoms with Crippen molar-refractivity contribution < 1.29 is 4.79 Å². The van der Waals surface area contributed by atoms with Gasteiger partial charge in [0.15, 0.2) is 0 Å². The van der Waals surface area contributed by atoms with Crippen LogP contribution in [0.15, 0.2) is 18.2 Å². The lowest BCUT2D eigenvalue weighted by molar-refractivity contribution is -0.119. The zero-order chi connectivity index (χ0) is 16.3. The van der Waals surface area contributed by atoms with Crippen LogP contribution < -0.4 is 4.90 Å². The predicted octanol–water partition coefficient (Wildman–Crippen LogP) is 4.97. The molecule has 1 heterocycles. The largest absolute Gasteiger partial charge is 0.312 e. The molecule has 122 valence electrons. The molecule has 1 aliphatic rings. The normalized spacial score (nSPS) is 15.5. The van der Waals surface area contributed by atoms with Crippen LogP contribution >= 0.6 is 15.9 Å². The average Bonchev–Trinajstić information content (AvgIpc) is 2.79. The van der Waals surface area contributed by atoms with Crippen molar-refractivity contribution in [1.82, 2.24) is 0 Å². The fourth-order valence-electron chi connectivity index (χ4n) is 3.15. The van der Waals surface area contributed by atoms with E-state index < -0.39 is 0 Å². The van der Waals surface area contributed by atoms with Gasteiger partial charge in [-0.3, -0.25) is 4.79 Å². The van der Waals surface area contributed by atoms with E-state index in [4.69, 9.17) is 0 Å². The quantitative estimate of drug-likeness (QED) is 0.651. The van der Waals surface area contributed by atoms with E-state index in [9.17, 15) is 4.79 Å². The third-order valence-electron chi connectivity index (χ3n) is 4.11. The molecule has 0 aromatic heterocycles. The Morgan fingerprint density at radius 1 is 1.23 bits per heavy atom. The Balaban J connectivity index is 2.05. The van der Waals surface area contributed by atoms with Crippen molar-refractivity contribution >= 4 is 27.5 Å². The molecular weight excluding hydrogens is 338 g/mol. The van der Waals surface area contributed by atoms with Crippen LogP contribution in [-0.2, 0) is 17.6 Å². The molecule has 1 aromatic carbocycles. The molecule has 0 N–H and O–H groups in total. The zero-order valence-electron chi connectivity index (χ0n) is 14.2. The summed E-state index contributed by atoms with van der Waals surface area (Å²) in [5.41, 5.74) is 3.84. The fraction of sp³-hybridized carbons (Fsp3) is 0.632. The number of benzene rings is 1. The first kappa shape index (κ1) is 17.5. The van der Waals surface area contributed by atoms with Crippen LogP contribution in [0, 0.1) is 11.8 Å². The molecular formula is C19H28BrNO. The molecule has 1 unspecified atom stereocenters. The number of hydrogen-bond donors (Lipinski definition) is 0. The Hall–Kier alpha value is -0.830. The highest BCUT2D eigenvalue weighted by Gasteiger charge is 2.25. The number of rotatable bonds is 6. The lowest BCUT2D eigenvalue weighted by atomic mass is 10.00. The molecule has 0 radical (unpaired) electrons. The number of amides is 1. The molecule has 0 bridgehead atoms. The van der Waals surface area contributed by atoms with E-state index in [2.05, 4.69) is 61.8 Å². The van der Waals surface area contributed by atoms with E-state index in [0.717, 1.165) is 25.1 Å². The van der Waals surface area contributed by atoms with Gasteiger partial charge in [0.25, 0.3) is 0 Å². The van der Waals surface area contributed by atoms with Crippen molar-refractivity contribution in [1.29, 1.82) is 0 Å². The monoisotopic (exact) mass is 365 g/mol. The number of alkyl halides is 1. The second-order valence-corrected chi connectivity index (χ2v) is 8.58. The second kappa shape index (κ2) is 7.63. The third kappa shape index (κ3) is 4.58. The van der Waals surface area contributed by atoms with Crippen LogP contribution in [0.5, 0.6) is 0 Å². The highest BCUT2D eigenvalue weighted by atomic mass is 79.9. The lowest BCUT2D eigenvalue weighted by Gasteiger charge is -2.19. The maximum absolute atomic E-state index is 12.3. The summed E-state index contributed by atoms with van der Waals surface area (Å²) in [5.74, 6) is 1.39. The van der Waals surface area contributed by atoms with Gasteiger partial charge >= 0.3 is 0 Å². The van der Waals surface area contributed by atoms with Crippen LogP contribution in [0.1, 0.15) is 51.7 Å². The smallest absolute Gasteiger partial charge is 0.227 e. The summed E-state index contributed by atoms with van der Waals surface area (Å²) in [5, 5.41) is 0. The van der Waals surface area contributed by atoms with Crippen molar-refractivity contribution in [2.75, 3.05) is 11.4 Å². The number of nitrogens with zero attached hydrogens (tertiary/aromatic N) is 1. The topological polar surface area (TPSA) is 20.3 Å². The van der Waals surface area contributed by atoms with Gasteiger partial charge in [0.1, 0.15) is 0 Å². The Labute approximate surface area is 143 Å². The van der Waals surface area contributed by atoms with Crippen molar-refractivity contribution in [3.05, 3.63) is 29.3 Å². The Morgan fingerprint density at radius 3 is 2.59 bits per heavy atom. The van der Waals surface area contributed by atoms with Crippen molar-refractivity contribution in [3.63, 3.8) is 0 Å². The molecule has 1 atom stereocenters. The number of fused-ring (bicyclic) bond motifs is 1. The van der Waals surface area contributed by atoms with Gasteiger partial charge in [-0.25, -0.2) is 0 Å². The van der Waals surface area contributed by atoms with E-state index in [-0.39, 0.29) is 5.91 Å². The summed E-state index contributed by atoms with van der Waals surface area (Å²) in [4.78, 5) is 14.8. The molecule has 2 nitrogen and oxygen atoms in total. The van der Waals surface area contributed by atoms with E-state index >= 15 is 0 Å². The summed E-state index contributed by atoms with van der Waals surface area (Å²) in [6.45, 7) is 9.56. The molecule has 0 fully saturated rings. The molecule has 3 heteroatoms. The maximum Gasteiger partial charge on any atom is 0.227 e. The summed E-state index contributed by atoms with van der Waals surface area (Å²) in [6, 6.07) is 6.63. The maximum atomic E-state index is 12.3. The van der Waals surface area contributed by atoms with E-state index in [1.54, 1.807) is 0 Å². The fourth-order valence-corrected chi connectivity index (χ4v) is 4.27. The van der Waals surface area contributed by atoms with Crippen LogP contribution in [0.3, 0.4) is 0 Å². The van der Waals surface area contributed by atoms with Gasteiger partial charge in [0.05, 0.1) is 0 Å². The lowest BCUT2D eigenvalue weighted by Crippen LogP contribution is -2.29. The van der Waals surface area contributed by atoms with Crippen molar-refractivity contribution in [2.45, 2.75) is 58.2 Å². The van der Waals surface area contributed by atoms with Crippen LogP contribution in [-0.4, -0.2) is 17.3 Å². The predicted molar refractivity (Wildman–Crippen MR) is 97.8 cm³/mol. The van der Waals surface area contributed by atoms with E-state index in [0.29, 0.717) is 23.1 Å². The molecule has 1 aromatic rings. The molecule has 1 amide bonds. The first-order valence-electron chi connectivity index (χ1n) is 8.43. The Morgan fingerprint density at radius 2 is 1.95 bits per heavy atom. The number of carbonyl (C=O) groups excluding carboxylic acids is 1. The number of anilines is 1. The molecule has 22 heavy (non-hydrogen) atoms. The van der Waals surface area contributed by atoms with Crippen molar-refractivity contribution in [3.8, 4) is 0 Å². The molecule has 1 aliphatic heterocycles. The minimum absolute atomic E-state index is 0.264. The van der Waals surface area contributed by atoms with Crippen LogP contribution in [0.2, 0.25) is 0 Å². The first-order chi connectivity index (χ1) is 10.4. The standard InChI is InChI=1S/C19H28BrNO/c1-13(2)9-17(20)12-15-5-6-18-16(11-15)7-8-21(18)19(22)10-14(3)4/h5-6,11,13-14,17H,7-10,12H2,1-4H3. The molecule has 2 rings (SSSR count). The van der Waals surface area contributed by atoms with Gasteiger partial charge in [-0.05, 0) is 48.3 Å². The van der Waals surface area contributed by atoms with Gasteiger partial charge in [-0.15, -0.1) is 0 Å². The molecule has 0 saturated carbocycles. The van der Waals surface area contributed by atoms with Gasteiger partial charge in [0, 0.05) is 23.5 Å². The summed E-state index contributed by atoms with van der Waals surface area (Å²) in [7, 11) is 0. The van der Waals surface area contributed by atoms with E-state index in [1.807, 2.05) is 4.90 Å². The van der Waals surface area contributed by atoms with E-state index in [1.165, 1.54) is 17.5 Å². The molecule has 0 aliphatic carbocycles. The SMILES string of the molecule is CC(C)CC(=O)N1CCc2cc(CC(Br)CC(C)C)ccc21. The van der Waals surface area contributed by atoms with Crippen LogP contribution in [0.4, 0.5) is 5.69 Å². The first-order valence-corrected chi connectivity index (χ1v) is 9.34. The summed E-state index contributed by atoms with van der Waals surface area (Å²) in [6.07, 6.45) is 3.88. The summed E-state index contributed by atoms with van der Waals surface area (Å²) < 4.78 is 0. The number of carbonyl (C=O) groups is 1. The summed E-state index contributed by atoms with van der Waals surface area (Å²) >= 11 is 3.79. The second-order valence-electron chi connectivity index (χ2n) is 7.29. The molecule has 0 saturated heterocycles. The minimum atomic E-state index is 0.264. The number of halogens is 1. The Bertz CT molecular complexity index is 524. The minimum Gasteiger partial charge on any atom is -0.312 e. The van der Waals surface area contributed by atoms with Gasteiger partial charge in [-0.2, -0.15) is 0 Å². The third-order valence-corrected chi connectivity index (χ3v) is 4.81. The van der Waals surface area contributed by atoms with Crippen molar-refractivity contribution in [2.24, 2.45) is 11.8 Å². The Kier molecular flexibility index (Phi) is 6.08. The number of hydrogen-bond acceptors (Lipinski definition) is 1. The highest BCUT2D eigenvalue weighted by molar-refractivity contribution is 9.09. The highest BCUT2D eigenvalue weighted by Crippen LogP contribution is 2.31. The van der Waals surface area contributed by atoms with Crippen LogP contribution in [0.25, 0.3) is 0 Å². The van der Waals surface area contributed by atoms with Gasteiger partial charge in [0.2, 0.25) is 5.91 Å². The molecule has 0 spiro atoms. The zero-order valence-corrected chi connectivity index (χ0v) is 15.8. The van der Waals surface area contributed by atoms with Gasteiger partial charge < -0.3 is 4.90 Å². The van der Waals surface area contributed by atoms with Gasteiger partial charge in [-0.1, -0.05) is 55.8 Å².